The van der Waals surface area contributed by atoms with Crippen molar-refractivity contribution in [1.29, 1.82) is 0 Å². The van der Waals surface area contributed by atoms with Gasteiger partial charge in [0, 0.05) is 13.1 Å². The van der Waals surface area contributed by atoms with Crippen molar-refractivity contribution in [2.75, 3.05) is 13.1 Å². The zero-order chi connectivity index (χ0) is 20.2. The molecule has 1 aromatic carbocycles. The van der Waals surface area contributed by atoms with Gasteiger partial charge in [-0.3, -0.25) is 4.79 Å². The van der Waals surface area contributed by atoms with Gasteiger partial charge in [0.15, 0.2) is 0 Å². The fraction of sp³-hybridized carbons (Fsp3) is 0.389. The molecular formula is C18H22ClFN4O3. The SMILES string of the molecule is Cc1nn(-c2ccc(F)cc2)c(Cl)c1C(=O)NCCNC(=O)OC(C)(C)C. The number of hydrogen-bond donors (Lipinski definition) is 2. The number of benzene rings is 1. The first kappa shape index (κ1) is 20.7. The number of hydrogen-bond acceptors (Lipinski definition) is 4. The third kappa shape index (κ3) is 5.68. The molecule has 0 atom stereocenters. The van der Waals surface area contributed by atoms with Gasteiger partial charge in [0.2, 0.25) is 0 Å². The number of carbonyl (C=O) groups is 2. The molecule has 1 heterocycles. The fourth-order valence-corrected chi connectivity index (χ4v) is 2.61. The van der Waals surface area contributed by atoms with Crippen LogP contribution in [0.15, 0.2) is 24.3 Å². The number of amides is 2. The Morgan fingerprint density at radius 1 is 1.19 bits per heavy atom. The van der Waals surface area contributed by atoms with E-state index in [0.29, 0.717) is 11.4 Å². The lowest BCUT2D eigenvalue weighted by atomic mass is 10.2. The van der Waals surface area contributed by atoms with Crippen LogP contribution in [0.4, 0.5) is 9.18 Å². The normalized spacial score (nSPS) is 11.2. The standard InChI is InChI=1S/C18H22ClFN4O3/c1-11-14(15(19)24(23-11)13-7-5-12(20)6-8-13)16(25)21-9-10-22-17(26)27-18(2,3)4/h5-8H,9-10H2,1-4H3,(H,21,25)(H,22,26). The average Bonchev–Trinajstić information content (AvgIpc) is 2.85. The van der Waals surface area contributed by atoms with Gasteiger partial charge in [0.25, 0.3) is 5.91 Å². The molecule has 27 heavy (non-hydrogen) atoms. The fourth-order valence-electron chi connectivity index (χ4n) is 2.25. The Balaban J connectivity index is 1.97. The van der Waals surface area contributed by atoms with Crippen LogP contribution in [0.2, 0.25) is 5.15 Å². The summed E-state index contributed by atoms with van der Waals surface area (Å²) in [4.78, 5) is 24.0. The molecule has 146 valence electrons. The Morgan fingerprint density at radius 2 is 1.78 bits per heavy atom. The van der Waals surface area contributed by atoms with Crippen molar-refractivity contribution < 1.29 is 18.7 Å². The summed E-state index contributed by atoms with van der Waals surface area (Å²) >= 11 is 6.29. The summed E-state index contributed by atoms with van der Waals surface area (Å²) in [6.07, 6.45) is -0.560. The molecule has 0 unspecified atom stereocenters. The third-order valence-corrected chi connectivity index (χ3v) is 3.73. The molecular weight excluding hydrogens is 375 g/mol. The van der Waals surface area contributed by atoms with Crippen LogP contribution in [-0.2, 0) is 4.74 Å². The van der Waals surface area contributed by atoms with E-state index in [2.05, 4.69) is 15.7 Å². The second-order valence-electron chi connectivity index (χ2n) is 6.82. The number of carbonyl (C=O) groups excluding carboxylic acids is 2. The van der Waals surface area contributed by atoms with E-state index in [1.54, 1.807) is 27.7 Å². The zero-order valence-electron chi connectivity index (χ0n) is 15.6. The minimum absolute atomic E-state index is 0.122. The predicted molar refractivity (Wildman–Crippen MR) is 99.8 cm³/mol. The maximum Gasteiger partial charge on any atom is 0.407 e. The lowest BCUT2D eigenvalue weighted by molar-refractivity contribution is 0.0526. The topological polar surface area (TPSA) is 85.3 Å². The van der Waals surface area contributed by atoms with E-state index in [-0.39, 0.29) is 29.6 Å². The highest BCUT2D eigenvalue weighted by Gasteiger charge is 2.21. The van der Waals surface area contributed by atoms with Crippen molar-refractivity contribution in [2.45, 2.75) is 33.3 Å². The second kappa shape index (κ2) is 8.39. The third-order valence-electron chi connectivity index (χ3n) is 3.38. The molecule has 2 N–H and O–H groups in total. The highest BCUT2D eigenvalue weighted by molar-refractivity contribution is 6.33. The Hall–Kier alpha value is -2.61. The number of ether oxygens (including phenoxy) is 1. The van der Waals surface area contributed by atoms with Crippen molar-refractivity contribution in [3.05, 3.63) is 46.5 Å². The smallest absolute Gasteiger partial charge is 0.407 e. The molecule has 0 fully saturated rings. The highest BCUT2D eigenvalue weighted by atomic mass is 35.5. The van der Waals surface area contributed by atoms with Gasteiger partial charge in [-0.25, -0.2) is 13.9 Å². The number of nitrogens with one attached hydrogen (secondary N) is 2. The molecule has 2 amide bonds. The largest absolute Gasteiger partial charge is 0.444 e. The molecule has 0 bridgehead atoms. The van der Waals surface area contributed by atoms with E-state index in [4.69, 9.17) is 16.3 Å². The molecule has 2 rings (SSSR count). The summed E-state index contributed by atoms with van der Waals surface area (Å²) in [7, 11) is 0. The average molecular weight is 397 g/mol. The van der Waals surface area contributed by atoms with Gasteiger partial charge in [0.05, 0.1) is 16.9 Å². The van der Waals surface area contributed by atoms with Gasteiger partial charge in [-0.2, -0.15) is 5.10 Å². The molecule has 1 aromatic heterocycles. The molecule has 9 heteroatoms. The van der Waals surface area contributed by atoms with E-state index < -0.39 is 17.6 Å². The van der Waals surface area contributed by atoms with Crippen molar-refractivity contribution in [2.24, 2.45) is 0 Å². The van der Waals surface area contributed by atoms with Gasteiger partial charge in [-0.15, -0.1) is 0 Å². The Morgan fingerprint density at radius 3 is 2.37 bits per heavy atom. The van der Waals surface area contributed by atoms with Crippen LogP contribution in [0.1, 0.15) is 36.8 Å². The maximum absolute atomic E-state index is 13.1. The minimum atomic E-state index is -0.590. The quantitative estimate of drug-likeness (QED) is 0.760. The first-order chi connectivity index (χ1) is 12.6. The Kier molecular flexibility index (Phi) is 6.43. The number of halogens is 2. The zero-order valence-corrected chi connectivity index (χ0v) is 16.4. The molecule has 0 saturated heterocycles. The van der Waals surface area contributed by atoms with Gasteiger partial charge in [0.1, 0.15) is 16.6 Å². The summed E-state index contributed by atoms with van der Waals surface area (Å²) in [5, 5.41) is 9.57. The van der Waals surface area contributed by atoms with Crippen LogP contribution in [0.25, 0.3) is 5.69 Å². The lowest BCUT2D eigenvalue weighted by Crippen LogP contribution is -2.38. The predicted octanol–water partition coefficient (Wildman–Crippen LogP) is 3.23. The van der Waals surface area contributed by atoms with E-state index in [9.17, 15) is 14.0 Å². The van der Waals surface area contributed by atoms with Crippen molar-refractivity contribution >= 4 is 23.6 Å². The van der Waals surface area contributed by atoms with Gasteiger partial charge < -0.3 is 15.4 Å². The van der Waals surface area contributed by atoms with Gasteiger partial charge in [-0.05, 0) is 52.0 Å². The summed E-state index contributed by atoms with van der Waals surface area (Å²) in [5.41, 5.74) is 0.600. The van der Waals surface area contributed by atoms with Crippen LogP contribution >= 0.6 is 11.6 Å². The van der Waals surface area contributed by atoms with E-state index in [1.807, 2.05) is 0 Å². The number of alkyl carbamates (subject to hydrolysis) is 1. The maximum atomic E-state index is 13.1. The lowest BCUT2D eigenvalue weighted by Gasteiger charge is -2.19. The molecule has 0 aliphatic rings. The number of aryl methyl sites for hydroxylation is 1. The Labute approximate surface area is 161 Å². The van der Waals surface area contributed by atoms with E-state index in [1.165, 1.54) is 28.9 Å². The van der Waals surface area contributed by atoms with E-state index in [0.717, 1.165) is 0 Å². The highest BCUT2D eigenvalue weighted by Crippen LogP contribution is 2.23. The summed E-state index contributed by atoms with van der Waals surface area (Å²) in [6, 6.07) is 5.59. The van der Waals surface area contributed by atoms with Crippen LogP contribution in [0.3, 0.4) is 0 Å². The summed E-state index contributed by atoms with van der Waals surface area (Å²) in [6.45, 7) is 7.33. The second-order valence-corrected chi connectivity index (χ2v) is 7.18. The number of rotatable bonds is 5. The summed E-state index contributed by atoms with van der Waals surface area (Å²) < 4.78 is 19.5. The van der Waals surface area contributed by atoms with Crippen LogP contribution in [-0.4, -0.2) is 40.5 Å². The van der Waals surface area contributed by atoms with Crippen LogP contribution in [0, 0.1) is 12.7 Å². The first-order valence-corrected chi connectivity index (χ1v) is 8.72. The van der Waals surface area contributed by atoms with Crippen molar-refractivity contribution in [1.82, 2.24) is 20.4 Å². The van der Waals surface area contributed by atoms with E-state index >= 15 is 0 Å². The van der Waals surface area contributed by atoms with Crippen LogP contribution in [0.5, 0.6) is 0 Å². The minimum Gasteiger partial charge on any atom is -0.444 e. The number of aromatic nitrogens is 2. The molecule has 0 spiro atoms. The monoisotopic (exact) mass is 396 g/mol. The molecule has 7 nitrogen and oxygen atoms in total. The van der Waals surface area contributed by atoms with Crippen LogP contribution < -0.4 is 10.6 Å². The van der Waals surface area contributed by atoms with Crippen molar-refractivity contribution in [3.63, 3.8) is 0 Å². The van der Waals surface area contributed by atoms with Gasteiger partial charge >= 0.3 is 6.09 Å². The molecule has 0 aliphatic carbocycles. The van der Waals surface area contributed by atoms with Gasteiger partial charge in [-0.1, -0.05) is 11.6 Å². The Bertz CT molecular complexity index is 828. The first-order valence-electron chi connectivity index (χ1n) is 8.34. The molecule has 0 radical (unpaired) electrons. The number of nitrogens with zero attached hydrogens (tertiary/aromatic N) is 2. The summed E-state index contributed by atoms with van der Waals surface area (Å²) in [5.74, 6) is -0.800. The molecule has 0 saturated carbocycles. The molecule has 2 aromatic rings. The molecule has 0 aliphatic heterocycles. The van der Waals surface area contributed by atoms with Crippen molar-refractivity contribution in [3.8, 4) is 5.69 Å².